The normalized spacial score (nSPS) is 11.0. The summed E-state index contributed by atoms with van der Waals surface area (Å²) in [7, 11) is 0. The Balaban J connectivity index is 2.34. The molecule has 0 bridgehead atoms. The van der Waals surface area contributed by atoms with Gasteiger partial charge in [0.1, 0.15) is 11.1 Å². The maximum atomic E-state index is 12.0. The monoisotopic (exact) mass is 507 g/mol. The average Bonchev–Trinajstić information content (AvgIpc) is 2.85. The van der Waals surface area contributed by atoms with Crippen LogP contribution in [0.3, 0.4) is 0 Å². The summed E-state index contributed by atoms with van der Waals surface area (Å²) < 4.78 is 0. The van der Waals surface area contributed by atoms with Gasteiger partial charge in [0.2, 0.25) is 0 Å². The maximum absolute atomic E-state index is 12.0. The van der Waals surface area contributed by atoms with Gasteiger partial charge in [0.05, 0.1) is 41.8 Å². The van der Waals surface area contributed by atoms with Gasteiger partial charge in [-0.05, 0) is 36.4 Å². The number of nitro groups is 5. The van der Waals surface area contributed by atoms with Gasteiger partial charge in [0.15, 0.2) is 0 Å². The first-order valence-electron chi connectivity index (χ1n) is 10.00. The van der Waals surface area contributed by atoms with Crippen LogP contribution in [-0.4, -0.2) is 24.6 Å². The second kappa shape index (κ2) is 10.6. The molecule has 186 valence electrons. The van der Waals surface area contributed by atoms with Gasteiger partial charge in [-0.3, -0.25) is 50.6 Å². The molecule has 0 heterocycles. The van der Waals surface area contributed by atoms with E-state index >= 15 is 0 Å². The fraction of sp³-hybridized carbons (Fsp3) is 0. The first-order valence-corrected chi connectivity index (χ1v) is 10.00. The van der Waals surface area contributed by atoms with Gasteiger partial charge in [-0.15, -0.1) is 0 Å². The number of hydrogen-bond acceptors (Lipinski definition) is 10. The summed E-state index contributed by atoms with van der Waals surface area (Å²) in [5.74, 6) is 0. The van der Waals surface area contributed by atoms with E-state index in [2.05, 4.69) is 0 Å². The Hall–Kier alpha value is -5.86. The minimum atomic E-state index is -1.07. The molecule has 0 atom stereocenters. The highest BCUT2D eigenvalue weighted by Crippen LogP contribution is 2.41. The van der Waals surface area contributed by atoms with Crippen LogP contribution in [0.4, 0.5) is 28.4 Å². The summed E-state index contributed by atoms with van der Waals surface area (Å²) in [6, 6.07) is 11.0. The Kier molecular flexibility index (Phi) is 7.38. The largest absolute Gasteiger partial charge is 0.297 e. The Labute approximate surface area is 205 Å². The summed E-state index contributed by atoms with van der Waals surface area (Å²) >= 11 is 0. The van der Waals surface area contributed by atoms with Crippen LogP contribution >= 0.6 is 0 Å². The minimum Gasteiger partial charge on any atom is -0.258 e. The van der Waals surface area contributed by atoms with Crippen molar-refractivity contribution >= 4 is 52.7 Å². The highest BCUT2D eigenvalue weighted by Gasteiger charge is 2.34. The van der Waals surface area contributed by atoms with E-state index in [1.807, 2.05) is 0 Å². The molecular weight excluding hydrogens is 494 g/mol. The minimum absolute atomic E-state index is 0.0357. The van der Waals surface area contributed by atoms with E-state index in [0.29, 0.717) is 6.07 Å². The van der Waals surface area contributed by atoms with E-state index in [1.54, 1.807) is 0 Å². The molecular formula is C22H13N5O10. The summed E-state index contributed by atoms with van der Waals surface area (Å²) in [5.41, 5.74) is -5.19. The van der Waals surface area contributed by atoms with Crippen molar-refractivity contribution in [2.45, 2.75) is 0 Å². The van der Waals surface area contributed by atoms with Crippen LogP contribution in [0.2, 0.25) is 0 Å². The highest BCUT2D eigenvalue weighted by molar-refractivity contribution is 5.90. The van der Waals surface area contributed by atoms with Gasteiger partial charge in [0.25, 0.3) is 28.4 Å². The topological polar surface area (TPSA) is 216 Å². The Morgan fingerprint density at radius 1 is 0.459 bits per heavy atom. The maximum Gasteiger partial charge on any atom is 0.297 e. The van der Waals surface area contributed by atoms with E-state index in [9.17, 15) is 50.6 Å². The molecule has 0 aliphatic heterocycles. The molecule has 3 aromatic rings. The molecule has 0 aliphatic rings. The lowest BCUT2D eigenvalue weighted by atomic mass is 9.99. The quantitative estimate of drug-likeness (QED) is 0.199. The zero-order valence-electron chi connectivity index (χ0n) is 18.3. The van der Waals surface area contributed by atoms with E-state index in [0.717, 1.165) is 36.4 Å². The number of nitrogens with zero attached hydrogens (tertiary/aromatic N) is 5. The van der Waals surface area contributed by atoms with Crippen LogP contribution in [-0.2, 0) is 0 Å². The van der Waals surface area contributed by atoms with Gasteiger partial charge in [-0.1, -0.05) is 24.3 Å². The zero-order valence-corrected chi connectivity index (χ0v) is 18.3. The third-order valence-corrected chi connectivity index (χ3v) is 5.04. The smallest absolute Gasteiger partial charge is 0.258 e. The SMILES string of the molecule is O=[N+]([O-])c1ccccc1C=Cc1c([N+](=O)[O-])cc([N+](=O)[O-])c(C=Cc2ccccc2[N+](=O)[O-])c1[N+](=O)[O-]. The van der Waals surface area contributed by atoms with Gasteiger partial charge >= 0.3 is 0 Å². The molecule has 0 aliphatic carbocycles. The molecule has 0 spiro atoms. The van der Waals surface area contributed by atoms with Gasteiger partial charge in [-0.25, -0.2) is 0 Å². The number of rotatable bonds is 9. The number of nitro benzene ring substituents is 5. The molecule has 15 heteroatoms. The molecule has 0 saturated heterocycles. The number of para-hydroxylation sites is 2. The lowest BCUT2D eigenvalue weighted by molar-refractivity contribution is -0.403. The van der Waals surface area contributed by atoms with E-state index in [1.165, 1.54) is 36.4 Å². The molecule has 0 radical (unpaired) electrons. The van der Waals surface area contributed by atoms with Crippen LogP contribution in [0.5, 0.6) is 0 Å². The number of benzene rings is 3. The molecule has 3 rings (SSSR count). The van der Waals surface area contributed by atoms with Crippen molar-refractivity contribution in [2.24, 2.45) is 0 Å². The molecule has 0 aromatic heterocycles. The van der Waals surface area contributed by atoms with Crippen molar-refractivity contribution in [1.29, 1.82) is 0 Å². The molecule has 0 saturated carbocycles. The standard InChI is InChI=1S/C22H13N5O10/c28-23(29)18-7-3-1-5-14(18)9-11-16-20(25(32)33)13-21(26(34)35)17(22(16)27(36)37)12-10-15-6-2-4-8-19(15)24(30)31/h1-13H. The van der Waals surface area contributed by atoms with Crippen LogP contribution in [0, 0.1) is 50.6 Å². The zero-order chi connectivity index (χ0) is 27.3. The number of hydrogen-bond donors (Lipinski definition) is 0. The van der Waals surface area contributed by atoms with Crippen molar-refractivity contribution in [3.63, 3.8) is 0 Å². The highest BCUT2D eigenvalue weighted by atomic mass is 16.6. The predicted molar refractivity (Wildman–Crippen MR) is 130 cm³/mol. The van der Waals surface area contributed by atoms with Crippen molar-refractivity contribution < 1.29 is 24.6 Å². The van der Waals surface area contributed by atoms with Gasteiger partial charge < -0.3 is 0 Å². The van der Waals surface area contributed by atoms with Crippen LogP contribution in [0.25, 0.3) is 24.3 Å². The molecule has 0 unspecified atom stereocenters. The Morgan fingerprint density at radius 2 is 0.811 bits per heavy atom. The summed E-state index contributed by atoms with van der Waals surface area (Å²) in [4.78, 5) is 53.3. The lowest BCUT2D eigenvalue weighted by Crippen LogP contribution is -2.04. The molecule has 3 aromatic carbocycles. The fourth-order valence-corrected chi connectivity index (χ4v) is 3.44. The summed E-state index contributed by atoms with van der Waals surface area (Å²) in [5, 5.41) is 58.0. The van der Waals surface area contributed by atoms with Crippen LogP contribution in [0.15, 0.2) is 54.6 Å². The second-order valence-electron chi connectivity index (χ2n) is 7.16. The Morgan fingerprint density at radius 3 is 1.14 bits per heavy atom. The molecule has 0 amide bonds. The van der Waals surface area contributed by atoms with Crippen molar-refractivity contribution in [3.8, 4) is 0 Å². The predicted octanol–water partition coefficient (Wildman–Crippen LogP) is 5.57. The first-order chi connectivity index (χ1) is 17.5. The van der Waals surface area contributed by atoms with E-state index in [4.69, 9.17) is 0 Å². The Bertz CT molecular complexity index is 1430. The molecule has 0 fully saturated rings. The van der Waals surface area contributed by atoms with E-state index < -0.39 is 52.8 Å². The lowest BCUT2D eigenvalue weighted by Gasteiger charge is -2.06. The third-order valence-electron chi connectivity index (χ3n) is 5.04. The summed E-state index contributed by atoms with van der Waals surface area (Å²) in [6.45, 7) is 0. The molecule has 0 N–H and O–H groups in total. The van der Waals surface area contributed by atoms with Crippen molar-refractivity contribution in [2.75, 3.05) is 0 Å². The van der Waals surface area contributed by atoms with Crippen molar-refractivity contribution in [1.82, 2.24) is 0 Å². The van der Waals surface area contributed by atoms with Crippen molar-refractivity contribution in [3.05, 3.63) is 127 Å². The third kappa shape index (κ3) is 5.46. The van der Waals surface area contributed by atoms with Gasteiger partial charge in [-0.2, -0.15) is 0 Å². The second-order valence-corrected chi connectivity index (χ2v) is 7.16. The van der Waals surface area contributed by atoms with E-state index in [-0.39, 0.29) is 22.5 Å². The van der Waals surface area contributed by atoms with Crippen LogP contribution < -0.4 is 0 Å². The molecule has 37 heavy (non-hydrogen) atoms. The summed E-state index contributed by atoms with van der Waals surface area (Å²) in [6.07, 6.45) is 3.83. The first kappa shape index (κ1) is 25.8. The van der Waals surface area contributed by atoms with Gasteiger partial charge in [0, 0.05) is 12.1 Å². The average molecular weight is 507 g/mol. The molecule has 15 nitrogen and oxygen atoms in total. The van der Waals surface area contributed by atoms with Crippen LogP contribution in [0.1, 0.15) is 22.3 Å². The fourth-order valence-electron chi connectivity index (χ4n) is 3.44.